The van der Waals surface area contributed by atoms with Crippen molar-refractivity contribution in [3.05, 3.63) is 0 Å². The van der Waals surface area contributed by atoms with Crippen LogP contribution in [0.4, 0.5) is 0 Å². The average molecular weight is 171 g/mol. The molecule has 0 radical (unpaired) electrons. The summed E-state index contributed by atoms with van der Waals surface area (Å²) in [7, 11) is 0. The Kier molecular flexibility index (Phi) is 4.08. The molecule has 1 saturated heterocycles. The first-order valence-electron chi connectivity index (χ1n) is 4.67. The van der Waals surface area contributed by atoms with Crippen molar-refractivity contribution < 1.29 is 9.53 Å². The Morgan fingerprint density at radius 2 is 2.50 bits per heavy atom. The van der Waals surface area contributed by atoms with Crippen LogP contribution in [-0.2, 0) is 9.53 Å². The maximum atomic E-state index is 10.9. The molecule has 1 fully saturated rings. The lowest BCUT2D eigenvalue weighted by Gasteiger charge is -2.21. The number of amides is 1. The van der Waals surface area contributed by atoms with Crippen LogP contribution >= 0.6 is 0 Å². The lowest BCUT2D eigenvalue weighted by atomic mass is 9.99. The summed E-state index contributed by atoms with van der Waals surface area (Å²) in [5, 5.41) is 2.81. The molecular formula is C9H17NO2. The summed E-state index contributed by atoms with van der Waals surface area (Å²) in [5.74, 6) is 0.622. The van der Waals surface area contributed by atoms with Crippen molar-refractivity contribution in [3.8, 4) is 0 Å². The molecule has 1 amide bonds. The molecule has 0 saturated carbocycles. The summed E-state index contributed by atoms with van der Waals surface area (Å²) in [4.78, 5) is 10.9. The molecule has 1 atom stereocenters. The molecule has 3 heteroatoms. The quantitative estimate of drug-likeness (QED) is 0.639. The van der Waals surface area contributed by atoms with E-state index in [2.05, 4.69) is 12.2 Å². The molecular weight excluding hydrogens is 154 g/mol. The van der Waals surface area contributed by atoms with E-state index in [-0.39, 0.29) is 5.91 Å². The number of rotatable bonds is 4. The first-order chi connectivity index (χ1) is 5.83. The maximum Gasteiger partial charge on any atom is 0.220 e. The predicted octanol–water partition coefficient (Wildman–Crippen LogP) is 0.939. The maximum absolute atomic E-state index is 10.9. The molecule has 1 aliphatic heterocycles. The third-order valence-electron chi connectivity index (χ3n) is 2.05. The Hall–Kier alpha value is -0.570. The van der Waals surface area contributed by atoms with Gasteiger partial charge in [0, 0.05) is 26.2 Å². The zero-order valence-corrected chi connectivity index (χ0v) is 7.64. The van der Waals surface area contributed by atoms with Crippen molar-refractivity contribution in [3.63, 3.8) is 0 Å². The van der Waals surface area contributed by atoms with Gasteiger partial charge in [-0.1, -0.05) is 6.92 Å². The Morgan fingerprint density at radius 1 is 1.67 bits per heavy atom. The van der Waals surface area contributed by atoms with E-state index in [1.54, 1.807) is 0 Å². The van der Waals surface area contributed by atoms with E-state index < -0.39 is 0 Å². The largest absolute Gasteiger partial charge is 0.381 e. The van der Waals surface area contributed by atoms with Crippen LogP contribution in [0.15, 0.2) is 0 Å². The second-order valence-corrected chi connectivity index (χ2v) is 3.28. The molecule has 0 spiro atoms. The molecule has 0 aromatic heterocycles. The molecule has 0 aliphatic carbocycles. The minimum absolute atomic E-state index is 0.173. The van der Waals surface area contributed by atoms with Crippen LogP contribution in [0.5, 0.6) is 0 Å². The molecule has 1 N–H and O–H groups in total. The Labute approximate surface area is 73.5 Å². The van der Waals surface area contributed by atoms with E-state index in [4.69, 9.17) is 4.74 Å². The fourth-order valence-electron chi connectivity index (χ4n) is 1.39. The number of nitrogens with one attached hydrogen (secondary N) is 1. The first kappa shape index (κ1) is 9.52. The van der Waals surface area contributed by atoms with Crippen LogP contribution in [0.2, 0.25) is 0 Å². The van der Waals surface area contributed by atoms with E-state index >= 15 is 0 Å². The van der Waals surface area contributed by atoms with Gasteiger partial charge in [-0.05, 0) is 18.8 Å². The van der Waals surface area contributed by atoms with Crippen molar-refractivity contribution in [2.24, 2.45) is 5.92 Å². The second-order valence-electron chi connectivity index (χ2n) is 3.28. The SMILES string of the molecule is CCCOC[C@H]1CCNC(=O)C1. The van der Waals surface area contributed by atoms with Crippen LogP contribution in [0, 0.1) is 5.92 Å². The summed E-state index contributed by atoms with van der Waals surface area (Å²) in [5.41, 5.74) is 0. The normalized spacial score (nSPS) is 23.8. The molecule has 0 aromatic rings. The highest BCUT2D eigenvalue weighted by atomic mass is 16.5. The number of hydrogen-bond acceptors (Lipinski definition) is 2. The van der Waals surface area contributed by atoms with Crippen molar-refractivity contribution in [1.82, 2.24) is 5.32 Å². The molecule has 1 rings (SSSR count). The molecule has 70 valence electrons. The van der Waals surface area contributed by atoms with Crippen molar-refractivity contribution in [2.75, 3.05) is 19.8 Å². The highest BCUT2D eigenvalue weighted by Crippen LogP contribution is 2.12. The van der Waals surface area contributed by atoms with Gasteiger partial charge in [-0.3, -0.25) is 4.79 Å². The number of ether oxygens (including phenoxy) is 1. The summed E-state index contributed by atoms with van der Waals surface area (Å²) >= 11 is 0. The third-order valence-corrected chi connectivity index (χ3v) is 2.05. The zero-order valence-electron chi connectivity index (χ0n) is 7.64. The summed E-state index contributed by atoms with van der Waals surface area (Å²) in [6, 6.07) is 0. The third kappa shape index (κ3) is 3.22. The van der Waals surface area contributed by atoms with Crippen LogP contribution in [0.1, 0.15) is 26.2 Å². The number of carbonyl (C=O) groups excluding carboxylic acids is 1. The van der Waals surface area contributed by atoms with Gasteiger partial charge in [0.25, 0.3) is 0 Å². The smallest absolute Gasteiger partial charge is 0.220 e. The van der Waals surface area contributed by atoms with Gasteiger partial charge >= 0.3 is 0 Å². The lowest BCUT2D eigenvalue weighted by Crippen LogP contribution is -2.35. The van der Waals surface area contributed by atoms with Gasteiger partial charge in [-0.25, -0.2) is 0 Å². The standard InChI is InChI=1S/C9H17NO2/c1-2-5-12-7-8-3-4-10-9(11)6-8/h8H,2-7H2,1H3,(H,10,11)/t8-/m0/s1. The Balaban J connectivity index is 2.10. The van der Waals surface area contributed by atoms with Crippen LogP contribution in [0.25, 0.3) is 0 Å². The molecule has 3 nitrogen and oxygen atoms in total. The highest BCUT2D eigenvalue weighted by Gasteiger charge is 2.18. The van der Waals surface area contributed by atoms with Crippen molar-refractivity contribution in [2.45, 2.75) is 26.2 Å². The zero-order chi connectivity index (χ0) is 8.81. The molecule has 0 bridgehead atoms. The van der Waals surface area contributed by atoms with Gasteiger partial charge in [-0.2, -0.15) is 0 Å². The van der Waals surface area contributed by atoms with E-state index in [9.17, 15) is 4.79 Å². The fraction of sp³-hybridized carbons (Fsp3) is 0.889. The fourth-order valence-corrected chi connectivity index (χ4v) is 1.39. The molecule has 1 heterocycles. The molecule has 1 aliphatic rings. The van der Waals surface area contributed by atoms with Crippen LogP contribution in [-0.4, -0.2) is 25.7 Å². The molecule has 0 aromatic carbocycles. The van der Waals surface area contributed by atoms with Gasteiger partial charge in [-0.15, -0.1) is 0 Å². The van der Waals surface area contributed by atoms with Gasteiger partial charge < -0.3 is 10.1 Å². The second kappa shape index (κ2) is 5.14. The molecule has 0 unspecified atom stereocenters. The van der Waals surface area contributed by atoms with E-state index in [0.717, 1.165) is 32.6 Å². The van der Waals surface area contributed by atoms with Crippen LogP contribution < -0.4 is 5.32 Å². The van der Waals surface area contributed by atoms with Crippen molar-refractivity contribution in [1.29, 1.82) is 0 Å². The van der Waals surface area contributed by atoms with Gasteiger partial charge in [0.15, 0.2) is 0 Å². The van der Waals surface area contributed by atoms with E-state index in [1.807, 2.05) is 0 Å². The number of hydrogen-bond donors (Lipinski definition) is 1. The Bertz CT molecular complexity index is 147. The van der Waals surface area contributed by atoms with E-state index in [0.29, 0.717) is 12.3 Å². The minimum atomic E-state index is 0.173. The topological polar surface area (TPSA) is 38.3 Å². The Morgan fingerprint density at radius 3 is 3.17 bits per heavy atom. The summed E-state index contributed by atoms with van der Waals surface area (Å²) in [6.07, 6.45) is 2.76. The number of piperidine rings is 1. The highest BCUT2D eigenvalue weighted by molar-refractivity contribution is 5.76. The number of carbonyl (C=O) groups is 1. The summed E-state index contributed by atoms with van der Waals surface area (Å²) < 4.78 is 5.39. The molecule has 12 heavy (non-hydrogen) atoms. The lowest BCUT2D eigenvalue weighted by molar-refractivity contribution is -0.124. The van der Waals surface area contributed by atoms with Gasteiger partial charge in [0.2, 0.25) is 5.91 Å². The monoisotopic (exact) mass is 171 g/mol. The summed E-state index contributed by atoms with van der Waals surface area (Å²) in [6.45, 7) is 4.48. The van der Waals surface area contributed by atoms with Gasteiger partial charge in [0.1, 0.15) is 0 Å². The first-order valence-corrected chi connectivity index (χ1v) is 4.67. The van der Waals surface area contributed by atoms with Gasteiger partial charge in [0.05, 0.1) is 0 Å². The van der Waals surface area contributed by atoms with Crippen LogP contribution in [0.3, 0.4) is 0 Å². The predicted molar refractivity (Wildman–Crippen MR) is 46.8 cm³/mol. The average Bonchev–Trinajstić information content (AvgIpc) is 2.05. The minimum Gasteiger partial charge on any atom is -0.381 e. The van der Waals surface area contributed by atoms with Crippen molar-refractivity contribution >= 4 is 5.91 Å². The van der Waals surface area contributed by atoms with E-state index in [1.165, 1.54) is 0 Å².